The number of hydrogen-bond acceptors (Lipinski definition) is 4. The molecule has 0 aliphatic heterocycles. The van der Waals surface area contributed by atoms with E-state index < -0.39 is 28.2 Å². The molecule has 0 unspecified atom stereocenters. The zero-order valence-corrected chi connectivity index (χ0v) is 15.4. The van der Waals surface area contributed by atoms with Gasteiger partial charge in [0, 0.05) is 0 Å². The normalized spacial score (nSPS) is 11.2. The van der Waals surface area contributed by atoms with Gasteiger partial charge in [-0.1, -0.05) is 24.8 Å². The second-order valence-electron chi connectivity index (χ2n) is 5.91. The van der Waals surface area contributed by atoms with Crippen LogP contribution in [0.5, 0.6) is 5.75 Å². The van der Waals surface area contributed by atoms with E-state index in [4.69, 9.17) is 4.74 Å². The molecule has 2 aromatic rings. The van der Waals surface area contributed by atoms with Crippen molar-refractivity contribution in [3.05, 3.63) is 71.6 Å². The lowest BCUT2D eigenvalue weighted by Gasteiger charge is -2.11. The molecule has 5 nitrogen and oxygen atoms in total. The highest BCUT2D eigenvalue weighted by molar-refractivity contribution is 7.89. The first kappa shape index (κ1) is 19.8. The largest absolute Gasteiger partial charge is 0.489 e. The first-order valence-corrected chi connectivity index (χ1v) is 9.34. The van der Waals surface area contributed by atoms with Gasteiger partial charge in [-0.2, -0.15) is 0 Å². The summed E-state index contributed by atoms with van der Waals surface area (Å²) in [7, 11) is -3.85. The van der Waals surface area contributed by atoms with Crippen LogP contribution in [0, 0.1) is 12.7 Å². The van der Waals surface area contributed by atoms with Gasteiger partial charge in [-0.05, 0) is 49.2 Å². The molecular formula is C19H20FNO4S. The Morgan fingerprint density at radius 1 is 1.23 bits per heavy atom. The number of hydrogen-bond donors (Lipinski definition) is 1. The third-order valence-corrected chi connectivity index (χ3v) is 4.91. The molecule has 7 heteroatoms. The monoisotopic (exact) mass is 377 g/mol. The number of carbonyl (C=O) groups is 1. The molecule has 0 aliphatic rings. The summed E-state index contributed by atoms with van der Waals surface area (Å²) < 4.78 is 46.3. The van der Waals surface area contributed by atoms with Crippen molar-refractivity contribution in [2.24, 2.45) is 0 Å². The van der Waals surface area contributed by atoms with Crippen molar-refractivity contribution in [2.75, 3.05) is 13.2 Å². The molecule has 138 valence electrons. The maximum atomic E-state index is 14.3. The van der Waals surface area contributed by atoms with Gasteiger partial charge in [0.15, 0.2) is 5.78 Å². The lowest BCUT2D eigenvalue weighted by Crippen LogP contribution is -2.30. The molecule has 2 aromatic carbocycles. The van der Waals surface area contributed by atoms with Crippen LogP contribution >= 0.6 is 0 Å². The van der Waals surface area contributed by atoms with Gasteiger partial charge in [-0.25, -0.2) is 17.5 Å². The van der Waals surface area contributed by atoms with Crippen LogP contribution in [-0.4, -0.2) is 27.4 Å². The average molecular weight is 377 g/mol. The van der Waals surface area contributed by atoms with Gasteiger partial charge in [0.25, 0.3) is 0 Å². The van der Waals surface area contributed by atoms with E-state index in [9.17, 15) is 17.6 Å². The highest BCUT2D eigenvalue weighted by atomic mass is 32.2. The SMILES string of the molecule is C=C(C)COc1cc(C)c(F)c(C(=O)CNS(=O)(=O)c2ccccc2)c1. The minimum absolute atomic E-state index is 0.0306. The Bertz CT molecular complexity index is 924. The predicted molar refractivity (Wildman–Crippen MR) is 97.4 cm³/mol. The summed E-state index contributed by atoms with van der Waals surface area (Å²) in [5.41, 5.74) is 0.784. The summed E-state index contributed by atoms with van der Waals surface area (Å²) in [5.74, 6) is -1.07. The highest BCUT2D eigenvalue weighted by Gasteiger charge is 2.19. The van der Waals surface area contributed by atoms with Gasteiger partial charge in [0.2, 0.25) is 10.0 Å². The Balaban J connectivity index is 2.17. The van der Waals surface area contributed by atoms with Gasteiger partial charge in [0.1, 0.15) is 18.2 Å². The van der Waals surface area contributed by atoms with E-state index >= 15 is 0 Å². The molecule has 0 radical (unpaired) electrons. The number of rotatable bonds is 8. The standard InChI is InChI=1S/C19H20FNO4S/c1-13(2)12-25-15-9-14(3)19(20)17(10-15)18(22)11-21-26(23,24)16-7-5-4-6-8-16/h4-10,21H,1,11-12H2,2-3H3. The molecule has 0 aromatic heterocycles. The van der Waals surface area contributed by atoms with Crippen molar-refractivity contribution < 1.29 is 22.3 Å². The zero-order chi connectivity index (χ0) is 19.3. The number of ketones is 1. The molecule has 0 aliphatic carbocycles. The molecule has 0 spiro atoms. The number of carbonyl (C=O) groups excluding carboxylic acids is 1. The van der Waals surface area contributed by atoms with E-state index in [0.29, 0.717) is 5.75 Å². The maximum Gasteiger partial charge on any atom is 0.240 e. The first-order valence-electron chi connectivity index (χ1n) is 7.86. The Kier molecular flexibility index (Phi) is 6.28. The molecule has 0 saturated heterocycles. The Morgan fingerprint density at radius 2 is 1.88 bits per heavy atom. The highest BCUT2D eigenvalue weighted by Crippen LogP contribution is 2.22. The lowest BCUT2D eigenvalue weighted by molar-refractivity contribution is 0.0992. The van der Waals surface area contributed by atoms with E-state index in [1.54, 1.807) is 25.1 Å². The summed E-state index contributed by atoms with van der Waals surface area (Å²) in [6.07, 6.45) is 0. The molecule has 2 rings (SSSR count). The van der Waals surface area contributed by atoms with Gasteiger partial charge in [-0.3, -0.25) is 4.79 Å². The number of halogens is 1. The smallest absolute Gasteiger partial charge is 0.240 e. The van der Waals surface area contributed by atoms with Crippen LogP contribution in [-0.2, 0) is 10.0 Å². The summed E-state index contributed by atoms with van der Waals surface area (Å²) in [6.45, 7) is 6.67. The van der Waals surface area contributed by atoms with Gasteiger partial charge < -0.3 is 4.74 Å². The van der Waals surface area contributed by atoms with E-state index in [1.165, 1.54) is 31.2 Å². The van der Waals surface area contributed by atoms with Crippen molar-refractivity contribution in [2.45, 2.75) is 18.7 Å². The van der Waals surface area contributed by atoms with Crippen LogP contribution in [0.1, 0.15) is 22.8 Å². The third-order valence-electron chi connectivity index (χ3n) is 3.49. The van der Waals surface area contributed by atoms with Crippen molar-refractivity contribution in [3.63, 3.8) is 0 Å². The number of Topliss-reactive ketones (excluding diaryl/α,β-unsaturated/α-hetero) is 1. The molecular weight excluding hydrogens is 357 g/mol. The van der Waals surface area contributed by atoms with Crippen LogP contribution in [0.15, 0.2) is 59.5 Å². The lowest BCUT2D eigenvalue weighted by atomic mass is 10.1. The van der Waals surface area contributed by atoms with Crippen LogP contribution in [0.4, 0.5) is 4.39 Å². The van der Waals surface area contributed by atoms with Crippen LogP contribution in [0.3, 0.4) is 0 Å². The Labute approximate surface area is 152 Å². The Hall–Kier alpha value is -2.51. The summed E-state index contributed by atoms with van der Waals surface area (Å²) in [5, 5.41) is 0. The average Bonchev–Trinajstić information content (AvgIpc) is 2.61. The third kappa shape index (κ3) is 5.00. The summed E-state index contributed by atoms with van der Waals surface area (Å²) in [4.78, 5) is 12.4. The van der Waals surface area contributed by atoms with Gasteiger partial charge in [0.05, 0.1) is 17.0 Å². The van der Waals surface area contributed by atoms with Crippen molar-refractivity contribution in [1.82, 2.24) is 4.72 Å². The number of aryl methyl sites for hydroxylation is 1. The van der Waals surface area contributed by atoms with E-state index in [0.717, 1.165) is 5.57 Å². The fraction of sp³-hybridized carbons (Fsp3) is 0.211. The number of ether oxygens (including phenoxy) is 1. The van der Waals surface area contributed by atoms with Crippen LogP contribution < -0.4 is 9.46 Å². The van der Waals surface area contributed by atoms with E-state index in [2.05, 4.69) is 11.3 Å². The molecule has 0 heterocycles. The molecule has 0 bridgehead atoms. The Morgan fingerprint density at radius 3 is 2.50 bits per heavy atom. The van der Waals surface area contributed by atoms with Crippen LogP contribution in [0.25, 0.3) is 0 Å². The fourth-order valence-corrected chi connectivity index (χ4v) is 3.17. The van der Waals surface area contributed by atoms with E-state index in [-0.39, 0.29) is 22.6 Å². The van der Waals surface area contributed by atoms with Crippen molar-refractivity contribution in [3.8, 4) is 5.75 Å². The molecule has 0 amide bonds. The number of sulfonamides is 1. The molecule has 26 heavy (non-hydrogen) atoms. The molecule has 1 N–H and O–H groups in total. The molecule has 0 fully saturated rings. The first-order chi connectivity index (χ1) is 12.2. The maximum absolute atomic E-state index is 14.3. The van der Waals surface area contributed by atoms with Gasteiger partial charge in [-0.15, -0.1) is 0 Å². The topological polar surface area (TPSA) is 72.5 Å². The number of benzene rings is 2. The zero-order valence-electron chi connectivity index (χ0n) is 14.6. The minimum atomic E-state index is -3.85. The van der Waals surface area contributed by atoms with Crippen molar-refractivity contribution in [1.29, 1.82) is 0 Å². The molecule has 0 atom stereocenters. The second kappa shape index (κ2) is 8.25. The number of nitrogens with one attached hydrogen (secondary N) is 1. The summed E-state index contributed by atoms with van der Waals surface area (Å²) in [6, 6.07) is 10.4. The van der Waals surface area contributed by atoms with Crippen LogP contribution in [0.2, 0.25) is 0 Å². The summed E-state index contributed by atoms with van der Waals surface area (Å²) >= 11 is 0. The fourth-order valence-electron chi connectivity index (χ4n) is 2.17. The second-order valence-corrected chi connectivity index (χ2v) is 7.68. The van der Waals surface area contributed by atoms with Crippen molar-refractivity contribution >= 4 is 15.8 Å². The quantitative estimate of drug-likeness (QED) is 0.566. The van der Waals surface area contributed by atoms with E-state index in [1.807, 2.05) is 0 Å². The van der Waals surface area contributed by atoms with Gasteiger partial charge >= 0.3 is 0 Å². The minimum Gasteiger partial charge on any atom is -0.489 e. The predicted octanol–water partition coefficient (Wildman–Crippen LogP) is 3.25. The molecule has 0 saturated carbocycles.